The number of aryl methyl sites for hydroxylation is 1. The second kappa shape index (κ2) is 5.67. The van der Waals surface area contributed by atoms with Gasteiger partial charge in [-0.05, 0) is 25.1 Å². The van der Waals surface area contributed by atoms with Crippen LogP contribution >= 0.6 is 11.6 Å². The van der Waals surface area contributed by atoms with E-state index in [0.29, 0.717) is 22.2 Å². The van der Waals surface area contributed by atoms with Crippen LogP contribution in [-0.4, -0.2) is 23.0 Å². The van der Waals surface area contributed by atoms with E-state index in [0.717, 1.165) is 5.69 Å². The minimum atomic E-state index is -0.358. The van der Waals surface area contributed by atoms with Gasteiger partial charge in [0, 0.05) is 18.1 Å². The molecule has 5 nitrogen and oxygen atoms in total. The molecule has 1 amide bonds. The molecule has 2 aromatic rings. The van der Waals surface area contributed by atoms with Crippen molar-refractivity contribution in [3.8, 4) is 5.88 Å². The molecular weight excluding hydrogens is 266 g/mol. The lowest BCUT2D eigenvalue weighted by Gasteiger charge is -2.09. The molecule has 0 aliphatic carbocycles. The minimum Gasteiger partial charge on any atom is -0.480 e. The Labute approximate surface area is 115 Å². The van der Waals surface area contributed by atoms with E-state index in [-0.39, 0.29) is 5.91 Å². The molecule has 0 saturated carbocycles. The van der Waals surface area contributed by atoms with Crippen LogP contribution in [0, 0.1) is 6.92 Å². The second-order valence-corrected chi connectivity index (χ2v) is 4.23. The number of rotatable bonds is 3. The van der Waals surface area contributed by atoms with E-state index in [1.807, 2.05) is 0 Å². The quantitative estimate of drug-likeness (QED) is 0.937. The topological polar surface area (TPSA) is 64.1 Å². The molecule has 1 N–H and O–H groups in total. The average Bonchev–Trinajstić information content (AvgIpc) is 2.39. The standard InChI is InChI=1S/C13H12ClN3O2/c1-8-6-10(14)9(7-16-8)12(18)17-11-4-3-5-15-13(11)19-2/h3-7H,1-2H3,(H,17,18). The fourth-order valence-electron chi connectivity index (χ4n) is 1.53. The maximum atomic E-state index is 12.1. The highest BCUT2D eigenvalue weighted by Crippen LogP contribution is 2.22. The van der Waals surface area contributed by atoms with Crippen molar-refractivity contribution in [2.24, 2.45) is 0 Å². The van der Waals surface area contributed by atoms with Crippen LogP contribution in [0.3, 0.4) is 0 Å². The van der Waals surface area contributed by atoms with Crippen LogP contribution in [0.2, 0.25) is 5.02 Å². The van der Waals surface area contributed by atoms with Crippen molar-refractivity contribution in [1.82, 2.24) is 9.97 Å². The average molecular weight is 278 g/mol. The Hall–Kier alpha value is -2.14. The number of ether oxygens (including phenoxy) is 1. The molecule has 0 unspecified atom stereocenters. The van der Waals surface area contributed by atoms with E-state index in [4.69, 9.17) is 16.3 Å². The summed E-state index contributed by atoms with van der Waals surface area (Å²) >= 11 is 6.02. The number of carbonyl (C=O) groups is 1. The predicted molar refractivity (Wildman–Crippen MR) is 72.7 cm³/mol. The van der Waals surface area contributed by atoms with E-state index < -0.39 is 0 Å². The number of amides is 1. The molecule has 2 aromatic heterocycles. The highest BCUT2D eigenvalue weighted by Gasteiger charge is 2.13. The number of carbonyl (C=O) groups excluding carboxylic acids is 1. The van der Waals surface area contributed by atoms with Crippen LogP contribution in [0.15, 0.2) is 30.6 Å². The largest absolute Gasteiger partial charge is 0.480 e. The van der Waals surface area contributed by atoms with Crippen molar-refractivity contribution in [1.29, 1.82) is 0 Å². The van der Waals surface area contributed by atoms with E-state index in [1.165, 1.54) is 13.3 Å². The molecule has 2 rings (SSSR count). The lowest BCUT2D eigenvalue weighted by atomic mass is 10.2. The first-order chi connectivity index (χ1) is 9.11. The fraction of sp³-hybridized carbons (Fsp3) is 0.154. The zero-order chi connectivity index (χ0) is 13.8. The highest BCUT2D eigenvalue weighted by atomic mass is 35.5. The SMILES string of the molecule is COc1ncccc1NC(=O)c1cnc(C)cc1Cl. The number of nitrogens with one attached hydrogen (secondary N) is 1. The van der Waals surface area contributed by atoms with Crippen LogP contribution in [0.25, 0.3) is 0 Å². The maximum absolute atomic E-state index is 12.1. The summed E-state index contributed by atoms with van der Waals surface area (Å²) in [5.74, 6) is -0.0177. The molecule has 0 saturated heterocycles. The van der Waals surface area contributed by atoms with Crippen molar-refractivity contribution in [2.75, 3.05) is 12.4 Å². The number of hydrogen-bond donors (Lipinski definition) is 1. The van der Waals surface area contributed by atoms with Crippen molar-refractivity contribution >= 4 is 23.2 Å². The molecule has 0 aliphatic rings. The number of aromatic nitrogens is 2. The molecular formula is C13H12ClN3O2. The molecule has 6 heteroatoms. The van der Waals surface area contributed by atoms with Crippen molar-refractivity contribution in [2.45, 2.75) is 6.92 Å². The second-order valence-electron chi connectivity index (χ2n) is 3.82. The summed E-state index contributed by atoms with van der Waals surface area (Å²) in [6.07, 6.45) is 3.02. The zero-order valence-electron chi connectivity index (χ0n) is 10.5. The minimum absolute atomic E-state index is 0.304. The van der Waals surface area contributed by atoms with Gasteiger partial charge in [-0.25, -0.2) is 4.98 Å². The number of halogens is 1. The number of methoxy groups -OCH3 is 1. The Morgan fingerprint density at radius 1 is 1.42 bits per heavy atom. The van der Waals surface area contributed by atoms with Gasteiger partial charge in [0.2, 0.25) is 5.88 Å². The summed E-state index contributed by atoms with van der Waals surface area (Å²) in [7, 11) is 1.48. The van der Waals surface area contributed by atoms with Gasteiger partial charge in [-0.3, -0.25) is 9.78 Å². The molecule has 0 radical (unpaired) electrons. The Morgan fingerprint density at radius 3 is 2.89 bits per heavy atom. The molecule has 98 valence electrons. The Bertz CT molecular complexity index is 617. The van der Waals surface area contributed by atoms with Crippen LogP contribution in [0.4, 0.5) is 5.69 Å². The molecule has 2 heterocycles. The van der Waals surface area contributed by atoms with Crippen LogP contribution < -0.4 is 10.1 Å². The fourth-order valence-corrected chi connectivity index (χ4v) is 1.82. The summed E-state index contributed by atoms with van der Waals surface area (Å²) in [6.45, 7) is 1.80. The number of hydrogen-bond acceptors (Lipinski definition) is 4. The highest BCUT2D eigenvalue weighted by molar-refractivity contribution is 6.34. The lowest BCUT2D eigenvalue weighted by Crippen LogP contribution is -2.14. The lowest BCUT2D eigenvalue weighted by molar-refractivity contribution is 0.102. The van der Waals surface area contributed by atoms with Crippen molar-refractivity contribution < 1.29 is 9.53 Å². The molecule has 0 fully saturated rings. The summed E-state index contributed by atoms with van der Waals surface area (Å²) in [6, 6.07) is 5.03. The molecule has 0 bridgehead atoms. The van der Waals surface area contributed by atoms with Gasteiger partial charge in [-0.1, -0.05) is 11.6 Å². The first-order valence-electron chi connectivity index (χ1n) is 5.54. The van der Waals surface area contributed by atoms with Gasteiger partial charge < -0.3 is 10.1 Å². The Balaban J connectivity index is 2.26. The van der Waals surface area contributed by atoms with Gasteiger partial charge in [0.1, 0.15) is 5.69 Å². The molecule has 0 aliphatic heterocycles. The first kappa shape index (κ1) is 13.3. The maximum Gasteiger partial charge on any atom is 0.258 e. The summed E-state index contributed by atoms with van der Waals surface area (Å²) in [5, 5.41) is 3.04. The van der Waals surface area contributed by atoms with Gasteiger partial charge in [0.15, 0.2) is 0 Å². The van der Waals surface area contributed by atoms with Crippen LogP contribution in [0.1, 0.15) is 16.1 Å². The number of nitrogens with zero attached hydrogens (tertiary/aromatic N) is 2. The predicted octanol–water partition coefficient (Wildman–Crippen LogP) is 2.70. The first-order valence-corrected chi connectivity index (χ1v) is 5.92. The normalized spacial score (nSPS) is 10.1. The van der Waals surface area contributed by atoms with Gasteiger partial charge in [0.05, 0.1) is 17.7 Å². The van der Waals surface area contributed by atoms with E-state index in [9.17, 15) is 4.79 Å². The van der Waals surface area contributed by atoms with E-state index in [2.05, 4.69) is 15.3 Å². The van der Waals surface area contributed by atoms with Crippen LogP contribution in [-0.2, 0) is 0 Å². The van der Waals surface area contributed by atoms with Gasteiger partial charge in [-0.2, -0.15) is 0 Å². The number of anilines is 1. The summed E-state index contributed by atoms with van der Waals surface area (Å²) < 4.78 is 5.06. The third-order valence-corrected chi connectivity index (χ3v) is 2.76. The van der Waals surface area contributed by atoms with Gasteiger partial charge in [0.25, 0.3) is 5.91 Å². The van der Waals surface area contributed by atoms with E-state index >= 15 is 0 Å². The molecule has 0 aromatic carbocycles. The summed E-state index contributed by atoms with van der Waals surface area (Å²) in [5.41, 5.74) is 1.53. The molecule has 0 spiro atoms. The Kier molecular flexibility index (Phi) is 3.97. The monoisotopic (exact) mass is 277 g/mol. The van der Waals surface area contributed by atoms with Crippen molar-refractivity contribution in [3.05, 3.63) is 46.9 Å². The molecule has 0 atom stereocenters. The zero-order valence-corrected chi connectivity index (χ0v) is 11.2. The Morgan fingerprint density at radius 2 is 2.21 bits per heavy atom. The van der Waals surface area contributed by atoms with Crippen molar-refractivity contribution in [3.63, 3.8) is 0 Å². The molecule has 19 heavy (non-hydrogen) atoms. The van der Waals surface area contributed by atoms with E-state index in [1.54, 1.807) is 31.3 Å². The third kappa shape index (κ3) is 3.00. The number of pyridine rings is 2. The summed E-state index contributed by atoms with van der Waals surface area (Å²) in [4.78, 5) is 20.1. The van der Waals surface area contributed by atoms with Gasteiger partial charge in [-0.15, -0.1) is 0 Å². The van der Waals surface area contributed by atoms with Crippen LogP contribution in [0.5, 0.6) is 5.88 Å². The van der Waals surface area contributed by atoms with Gasteiger partial charge >= 0.3 is 0 Å². The smallest absolute Gasteiger partial charge is 0.258 e. The third-order valence-electron chi connectivity index (χ3n) is 2.45.